The van der Waals surface area contributed by atoms with Gasteiger partial charge in [-0.3, -0.25) is 4.79 Å². The van der Waals surface area contributed by atoms with Gasteiger partial charge in [-0.1, -0.05) is 6.07 Å². The lowest BCUT2D eigenvalue weighted by Gasteiger charge is -2.12. The molecule has 1 aliphatic carbocycles. The van der Waals surface area contributed by atoms with Crippen molar-refractivity contribution < 1.29 is 9.90 Å². The fourth-order valence-corrected chi connectivity index (χ4v) is 2.27. The van der Waals surface area contributed by atoms with Crippen molar-refractivity contribution in [2.75, 3.05) is 0 Å². The van der Waals surface area contributed by atoms with Gasteiger partial charge in [-0.05, 0) is 30.5 Å². The zero-order chi connectivity index (χ0) is 11.2. The van der Waals surface area contributed by atoms with Crippen molar-refractivity contribution in [3.63, 3.8) is 0 Å². The summed E-state index contributed by atoms with van der Waals surface area (Å²) in [5.41, 5.74) is 2.90. The van der Waals surface area contributed by atoms with Gasteiger partial charge in [0.05, 0.1) is 23.8 Å². The molecule has 0 spiro atoms. The van der Waals surface area contributed by atoms with Crippen LogP contribution in [0.3, 0.4) is 0 Å². The Kier molecular flexibility index (Phi) is 1.80. The number of rotatable bonds is 3. The molecule has 0 aliphatic heterocycles. The smallest absolute Gasteiger partial charge is 0.304 e. The monoisotopic (exact) mass is 216 g/mol. The summed E-state index contributed by atoms with van der Waals surface area (Å²) < 4.78 is 0. The summed E-state index contributed by atoms with van der Waals surface area (Å²) >= 11 is 0. The van der Waals surface area contributed by atoms with Gasteiger partial charge in [-0.25, -0.2) is 4.98 Å². The summed E-state index contributed by atoms with van der Waals surface area (Å²) in [6.07, 6.45) is 3.83. The summed E-state index contributed by atoms with van der Waals surface area (Å²) in [6.45, 7) is 0. The van der Waals surface area contributed by atoms with E-state index >= 15 is 0 Å². The summed E-state index contributed by atoms with van der Waals surface area (Å²) in [5.74, 6) is -0.720. The number of carbonyl (C=O) groups is 1. The Morgan fingerprint density at radius 2 is 2.31 bits per heavy atom. The molecular formula is C12H12N2O2. The maximum atomic E-state index is 10.8. The minimum Gasteiger partial charge on any atom is -0.481 e. The van der Waals surface area contributed by atoms with Crippen molar-refractivity contribution >= 4 is 17.0 Å². The second kappa shape index (κ2) is 3.07. The molecule has 1 aromatic carbocycles. The predicted octanol–water partition coefficient (Wildman–Crippen LogP) is 2.07. The van der Waals surface area contributed by atoms with Gasteiger partial charge in [0.2, 0.25) is 0 Å². The first-order valence-corrected chi connectivity index (χ1v) is 5.35. The van der Waals surface area contributed by atoms with E-state index in [4.69, 9.17) is 5.11 Å². The van der Waals surface area contributed by atoms with E-state index in [2.05, 4.69) is 9.97 Å². The molecular weight excluding hydrogens is 204 g/mol. The van der Waals surface area contributed by atoms with Crippen LogP contribution in [0.4, 0.5) is 0 Å². The average molecular weight is 216 g/mol. The fourth-order valence-electron chi connectivity index (χ4n) is 2.27. The Morgan fingerprint density at radius 1 is 1.50 bits per heavy atom. The number of nitrogens with one attached hydrogen (secondary N) is 1. The van der Waals surface area contributed by atoms with Gasteiger partial charge in [-0.2, -0.15) is 0 Å². The molecule has 0 saturated heterocycles. The number of aliphatic carboxylic acids is 1. The number of imidazole rings is 1. The number of carboxylic acid groups (broad SMARTS) is 1. The van der Waals surface area contributed by atoms with E-state index in [1.165, 1.54) is 0 Å². The highest BCUT2D eigenvalue weighted by Crippen LogP contribution is 2.51. The van der Waals surface area contributed by atoms with Gasteiger partial charge in [0.15, 0.2) is 0 Å². The SMILES string of the molecule is O=C(O)CC1(c2ccc3nc[nH]c3c2)CC1. The Morgan fingerprint density at radius 3 is 3.00 bits per heavy atom. The number of nitrogens with zero attached hydrogens (tertiary/aromatic N) is 1. The summed E-state index contributed by atoms with van der Waals surface area (Å²) in [6, 6.07) is 5.97. The molecule has 4 heteroatoms. The third-order valence-electron chi connectivity index (χ3n) is 3.38. The van der Waals surface area contributed by atoms with Gasteiger partial charge < -0.3 is 10.1 Å². The second-order valence-electron chi connectivity index (χ2n) is 4.49. The summed E-state index contributed by atoms with van der Waals surface area (Å²) in [4.78, 5) is 18.0. The molecule has 0 atom stereocenters. The Hall–Kier alpha value is -1.84. The van der Waals surface area contributed by atoms with Crippen LogP contribution in [-0.2, 0) is 10.2 Å². The number of hydrogen-bond acceptors (Lipinski definition) is 2. The third-order valence-corrected chi connectivity index (χ3v) is 3.38. The van der Waals surface area contributed by atoms with E-state index in [1.54, 1.807) is 6.33 Å². The number of hydrogen-bond donors (Lipinski definition) is 2. The number of aromatic amines is 1. The molecule has 82 valence electrons. The van der Waals surface area contributed by atoms with Crippen molar-refractivity contribution in [1.82, 2.24) is 9.97 Å². The number of H-pyrrole nitrogens is 1. The van der Waals surface area contributed by atoms with Gasteiger partial charge in [0, 0.05) is 5.41 Å². The molecule has 16 heavy (non-hydrogen) atoms. The zero-order valence-electron chi connectivity index (χ0n) is 8.73. The number of benzene rings is 1. The standard InChI is InChI=1S/C12H12N2O2/c15-11(16)6-12(3-4-12)8-1-2-9-10(5-8)14-7-13-9/h1-2,5,7H,3-4,6H2,(H,13,14)(H,15,16). The van der Waals surface area contributed by atoms with Crippen LogP contribution in [0.1, 0.15) is 24.8 Å². The van der Waals surface area contributed by atoms with Crippen LogP contribution in [-0.4, -0.2) is 21.0 Å². The van der Waals surface area contributed by atoms with Crippen LogP contribution >= 0.6 is 0 Å². The van der Waals surface area contributed by atoms with E-state index in [0.29, 0.717) is 0 Å². The lowest BCUT2D eigenvalue weighted by atomic mass is 9.92. The Balaban J connectivity index is 2.02. The molecule has 4 nitrogen and oxygen atoms in total. The lowest BCUT2D eigenvalue weighted by molar-refractivity contribution is -0.137. The molecule has 2 N–H and O–H groups in total. The van der Waals surface area contributed by atoms with Crippen LogP contribution in [0.25, 0.3) is 11.0 Å². The minimum atomic E-state index is -0.720. The minimum absolute atomic E-state index is 0.120. The first-order valence-electron chi connectivity index (χ1n) is 5.35. The van der Waals surface area contributed by atoms with E-state index in [9.17, 15) is 4.79 Å². The number of carboxylic acids is 1. The number of aromatic nitrogens is 2. The zero-order valence-corrected chi connectivity index (χ0v) is 8.73. The molecule has 1 aromatic heterocycles. The van der Waals surface area contributed by atoms with Crippen molar-refractivity contribution in [2.24, 2.45) is 0 Å². The lowest BCUT2D eigenvalue weighted by Crippen LogP contribution is -2.12. The summed E-state index contributed by atoms with van der Waals surface area (Å²) in [5, 5.41) is 8.90. The van der Waals surface area contributed by atoms with Gasteiger partial charge >= 0.3 is 5.97 Å². The molecule has 0 amide bonds. The summed E-state index contributed by atoms with van der Waals surface area (Å²) in [7, 11) is 0. The molecule has 1 aliphatic rings. The highest BCUT2D eigenvalue weighted by Gasteiger charge is 2.45. The largest absolute Gasteiger partial charge is 0.481 e. The predicted molar refractivity (Wildman–Crippen MR) is 59.3 cm³/mol. The maximum absolute atomic E-state index is 10.8. The topological polar surface area (TPSA) is 66.0 Å². The van der Waals surface area contributed by atoms with E-state index in [1.807, 2.05) is 18.2 Å². The molecule has 1 saturated carbocycles. The molecule has 0 unspecified atom stereocenters. The van der Waals surface area contributed by atoms with Crippen molar-refractivity contribution in [3.8, 4) is 0 Å². The molecule has 0 radical (unpaired) electrons. The van der Waals surface area contributed by atoms with Crippen LogP contribution < -0.4 is 0 Å². The van der Waals surface area contributed by atoms with Crippen molar-refractivity contribution in [1.29, 1.82) is 0 Å². The van der Waals surface area contributed by atoms with Crippen LogP contribution in [0, 0.1) is 0 Å². The van der Waals surface area contributed by atoms with Gasteiger partial charge in [0.25, 0.3) is 0 Å². The fraction of sp³-hybridized carbons (Fsp3) is 0.333. The quantitative estimate of drug-likeness (QED) is 0.825. The molecule has 1 heterocycles. The third kappa shape index (κ3) is 1.38. The van der Waals surface area contributed by atoms with Crippen LogP contribution in [0.2, 0.25) is 0 Å². The second-order valence-corrected chi connectivity index (χ2v) is 4.49. The normalized spacial score (nSPS) is 17.5. The van der Waals surface area contributed by atoms with E-state index in [0.717, 1.165) is 29.4 Å². The van der Waals surface area contributed by atoms with Crippen LogP contribution in [0.5, 0.6) is 0 Å². The Labute approximate surface area is 92.3 Å². The van der Waals surface area contributed by atoms with Crippen molar-refractivity contribution in [3.05, 3.63) is 30.1 Å². The Bertz CT molecular complexity index is 555. The maximum Gasteiger partial charge on any atom is 0.304 e. The molecule has 3 rings (SSSR count). The molecule has 2 aromatic rings. The highest BCUT2D eigenvalue weighted by molar-refractivity contribution is 5.77. The first-order chi connectivity index (χ1) is 7.70. The number of fused-ring (bicyclic) bond motifs is 1. The molecule has 1 fully saturated rings. The van der Waals surface area contributed by atoms with E-state index < -0.39 is 5.97 Å². The van der Waals surface area contributed by atoms with Gasteiger partial charge in [0.1, 0.15) is 0 Å². The first kappa shape index (κ1) is 9.39. The van der Waals surface area contributed by atoms with Gasteiger partial charge in [-0.15, -0.1) is 0 Å². The van der Waals surface area contributed by atoms with E-state index in [-0.39, 0.29) is 11.8 Å². The van der Waals surface area contributed by atoms with Crippen molar-refractivity contribution in [2.45, 2.75) is 24.7 Å². The highest BCUT2D eigenvalue weighted by atomic mass is 16.4. The van der Waals surface area contributed by atoms with Crippen LogP contribution in [0.15, 0.2) is 24.5 Å². The molecule has 0 bridgehead atoms. The average Bonchev–Trinajstić information content (AvgIpc) is 2.87.